The average Bonchev–Trinajstić information content (AvgIpc) is 3.11. The summed E-state index contributed by atoms with van der Waals surface area (Å²) >= 11 is 0. The van der Waals surface area contributed by atoms with Crippen LogP contribution in [0.25, 0.3) is 0 Å². The Hall–Kier alpha value is -1.52. The third-order valence-corrected chi connectivity index (χ3v) is 4.50. The first kappa shape index (κ1) is 17.8. The first-order valence-corrected chi connectivity index (χ1v) is 8.80. The molecule has 2 N–H and O–H groups in total. The molecule has 5 nitrogen and oxygen atoms in total. The Labute approximate surface area is 140 Å². The second kappa shape index (κ2) is 7.37. The van der Waals surface area contributed by atoms with E-state index in [1.807, 2.05) is 6.20 Å². The molecule has 5 heteroatoms. The fourth-order valence-corrected chi connectivity index (χ4v) is 2.92. The Balaban J connectivity index is 1.94. The zero-order chi connectivity index (χ0) is 16.9. The minimum atomic E-state index is -0.0191. The van der Waals surface area contributed by atoms with E-state index in [2.05, 4.69) is 55.2 Å². The number of oxazole rings is 1. The fourth-order valence-electron chi connectivity index (χ4n) is 2.92. The van der Waals surface area contributed by atoms with Crippen LogP contribution in [0, 0.1) is 5.41 Å². The van der Waals surface area contributed by atoms with Gasteiger partial charge in [-0.2, -0.15) is 0 Å². The van der Waals surface area contributed by atoms with Gasteiger partial charge < -0.3 is 15.1 Å². The Bertz CT molecular complexity index is 521. The molecular weight excluding hydrogens is 288 g/mol. The number of rotatable bonds is 5. The van der Waals surface area contributed by atoms with E-state index in [0.717, 1.165) is 24.8 Å². The first-order chi connectivity index (χ1) is 10.8. The zero-order valence-electron chi connectivity index (χ0n) is 15.3. The molecule has 0 spiro atoms. The SMILES string of the molecule is CCNC(=NCc1ncc(C(C)(C)C)o1)NCC1(C)CCCC1. The molecule has 0 radical (unpaired) electrons. The molecule has 23 heavy (non-hydrogen) atoms. The normalized spacial score (nSPS) is 18.2. The Kier molecular flexibility index (Phi) is 5.71. The van der Waals surface area contributed by atoms with E-state index in [1.54, 1.807) is 0 Å². The number of aliphatic imine (C=N–C) groups is 1. The topological polar surface area (TPSA) is 62.5 Å². The summed E-state index contributed by atoms with van der Waals surface area (Å²) in [6.45, 7) is 13.1. The van der Waals surface area contributed by atoms with Crippen molar-refractivity contribution < 1.29 is 4.42 Å². The average molecular weight is 320 g/mol. The minimum absolute atomic E-state index is 0.0191. The maximum absolute atomic E-state index is 5.80. The number of nitrogens with one attached hydrogen (secondary N) is 2. The van der Waals surface area contributed by atoms with Gasteiger partial charge in [0.15, 0.2) is 5.96 Å². The predicted molar refractivity (Wildman–Crippen MR) is 94.6 cm³/mol. The van der Waals surface area contributed by atoms with E-state index < -0.39 is 0 Å². The summed E-state index contributed by atoms with van der Waals surface area (Å²) in [6, 6.07) is 0. The van der Waals surface area contributed by atoms with E-state index in [1.165, 1.54) is 25.7 Å². The van der Waals surface area contributed by atoms with Gasteiger partial charge in [-0.1, -0.05) is 40.5 Å². The molecule has 0 unspecified atom stereocenters. The predicted octanol–water partition coefficient (Wildman–Crippen LogP) is 3.61. The van der Waals surface area contributed by atoms with Crippen LogP contribution in [0.1, 0.15) is 72.0 Å². The van der Waals surface area contributed by atoms with Crippen molar-refractivity contribution in [3.8, 4) is 0 Å². The smallest absolute Gasteiger partial charge is 0.216 e. The van der Waals surface area contributed by atoms with E-state index in [9.17, 15) is 0 Å². The van der Waals surface area contributed by atoms with E-state index in [-0.39, 0.29) is 5.41 Å². The van der Waals surface area contributed by atoms with Gasteiger partial charge in [-0.15, -0.1) is 0 Å². The van der Waals surface area contributed by atoms with Crippen LogP contribution in [-0.4, -0.2) is 24.0 Å². The van der Waals surface area contributed by atoms with E-state index in [4.69, 9.17) is 4.42 Å². The second-order valence-corrected chi connectivity index (χ2v) is 7.93. The van der Waals surface area contributed by atoms with Crippen LogP contribution < -0.4 is 10.6 Å². The molecule has 0 aromatic carbocycles. The molecule has 1 aromatic heterocycles. The lowest BCUT2D eigenvalue weighted by Crippen LogP contribution is -2.42. The van der Waals surface area contributed by atoms with Crippen molar-refractivity contribution in [3.63, 3.8) is 0 Å². The summed E-state index contributed by atoms with van der Waals surface area (Å²) < 4.78 is 5.80. The highest BCUT2D eigenvalue weighted by molar-refractivity contribution is 5.79. The summed E-state index contributed by atoms with van der Waals surface area (Å²) in [6.07, 6.45) is 7.10. The molecule has 0 amide bonds. The van der Waals surface area contributed by atoms with Crippen molar-refractivity contribution in [1.29, 1.82) is 0 Å². The van der Waals surface area contributed by atoms with Crippen LogP contribution in [0.15, 0.2) is 15.6 Å². The lowest BCUT2D eigenvalue weighted by atomic mass is 9.89. The number of aromatic nitrogens is 1. The molecule has 0 aliphatic heterocycles. The van der Waals surface area contributed by atoms with Gasteiger partial charge in [0.05, 0.1) is 6.20 Å². The molecule has 0 atom stereocenters. The summed E-state index contributed by atoms with van der Waals surface area (Å²) in [4.78, 5) is 8.95. The minimum Gasteiger partial charge on any atom is -0.443 e. The molecule has 2 rings (SSSR count). The third kappa shape index (κ3) is 5.26. The Morgan fingerprint density at radius 1 is 1.30 bits per heavy atom. The molecular formula is C18H32N4O. The van der Waals surface area contributed by atoms with Crippen molar-refractivity contribution >= 4 is 5.96 Å². The van der Waals surface area contributed by atoms with Crippen molar-refractivity contribution in [2.45, 2.75) is 72.3 Å². The molecule has 130 valence electrons. The van der Waals surface area contributed by atoms with Crippen molar-refractivity contribution in [1.82, 2.24) is 15.6 Å². The van der Waals surface area contributed by atoms with Crippen LogP contribution >= 0.6 is 0 Å². The van der Waals surface area contributed by atoms with Gasteiger partial charge in [-0.25, -0.2) is 9.98 Å². The van der Waals surface area contributed by atoms with E-state index in [0.29, 0.717) is 17.9 Å². The van der Waals surface area contributed by atoms with Gasteiger partial charge in [-0.05, 0) is 25.2 Å². The fraction of sp³-hybridized carbons (Fsp3) is 0.778. The number of hydrogen-bond donors (Lipinski definition) is 2. The van der Waals surface area contributed by atoms with Crippen molar-refractivity contribution in [3.05, 3.63) is 17.8 Å². The maximum Gasteiger partial charge on any atom is 0.216 e. The quantitative estimate of drug-likeness (QED) is 0.642. The molecule has 1 aliphatic carbocycles. The highest BCUT2D eigenvalue weighted by Gasteiger charge is 2.28. The van der Waals surface area contributed by atoms with Crippen molar-refractivity contribution in [2.75, 3.05) is 13.1 Å². The van der Waals surface area contributed by atoms with Gasteiger partial charge in [0, 0.05) is 18.5 Å². The van der Waals surface area contributed by atoms with Gasteiger partial charge in [0.25, 0.3) is 0 Å². The zero-order valence-corrected chi connectivity index (χ0v) is 15.3. The molecule has 1 aromatic rings. The number of hydrogen-bond acceptors (Lipinski definition) is 3. The molecule has 0 bridgehead atoms. The summed E-state index contributed by atoms with van der Waals surface area (Å²) in [5, 5.41) is 6.78. The van der Waals surface area contributed by atoms with E-state index >= 15 is 0 Å². The van der Waals surface area contributed by atoms with Gasteiger partial charge in [-0.3, -0.25) is 0 Å². The maximum atomic E-state index is 5.80. The standard InChI is InChI=1S/C18H32N4O/c1-6-19-16(22-13-18(5)9-7-8-10-18)21-12-15-20-11-14(23-15)17(2,3)4/h11H,6-10,12-13H2,1-5H3,(H2,19,21,22). The highest BCUT2D eigenvalue weighted by atomic mass is 16.4. The Morgan fingerprint density at radius 3 is 2.57 bits per heavy atom. The number of nitrogens with zero attached hydrogens (tertiary/aromatic N) is 2. The molecule has 1 aliphatic rings. The third-order valence-electron chi connectivity index (χ3n) is 4.50. The van der Waals surface area contributed by atoms with Gasteiger partial charge in [0.2, 0.25) is 5.89 Å². The summed E-state index contributed by atoms with van der Waals surface area (Å²) in [5.41, 5.74) is 0.382. The summed E-state index contributed by atoms with van der Waals surface area (Å²) in [5.74, 6) is 2.41. The summed E-state index contributed by atoms with van der Waals surface area (Å²) in [7, 11) is 0. The van der Waals surface area contributed by atoms with Gasteiger partial charge >= 0.3 is 0 Å². The lowest BCUT2D eigenvalue weighted by molar-refractivity contribution is 0.334. The largest absolute Gasteiger partial charge is 0.443 e. The first-order valence-electron chi connectivity index (χ1n) is 8.80. The number of guanidine groups is 1. The Morgan fingerprint density at radius 2 is 2.00 bits per heavy atom. The van der Waals surface area contributed by atoms with Crippen LogP contribution in [0.2, 0.25) is 0 Å². The molecule has 1 saturated carbocycles. The van der Waals surface area contributed by atoms with Crippen LogP contribution in [0.4, 0.5) is 0 Å². The molecule has 1 heterocycles. The van der Waals surface area contributed by atoms with Gasteiger partial charge in [0.1, 0.15) is 12.3 Å². The monoisotopic (exact) mass is 320 g/mol. The van der Waals surface area contributed by atoms with Crippen LogP contribution in [0.3, 0.4) is 0 Å². The van der Waals surface area contributed by atoms with Crippen LogP contribution in [0.5, 0.6) is 0 Å². The second-order valence-electron chi connectivity index (χ2n) is 7.93. The molecule has 0 saturated heterocycles. The van der Waals surface area contributed by atoms with Crippen molar-refractivity contribution in [2.24, 2.45) is 10.4 Å². The highest BCUT2D eigenvalue weighted by Crippen LogP contribution is 2.36. The molecule has 1 fully saturated rings. The lowest BCUT2D eigenvalue weighted by Gasteiger charge is -2.25. The van der Waals surface area contributed by atoms with Crippen LogP contribution in [-0.2, 0) is 12.0 Å².